The molecule has 0 aliphatic carbocycles. The Kier molecular flexibility index (Phi) is 6.17. The van der Waals surface area contributed by atoms with Gasteiger partial charge in [-0.05, 0) is 55.6 Å². The van der Waals surface area contributed by atoms with Crippen LogP contribution in [0.1, 0.15) is 42.1 Å². The third-order valence-electron chi connectivity index (χ3n) is 8.03. The van der Waals surface area contributed by atoms with Crippen molar-refractivity contribution in [3.63, 3.8) is 0 Å². The lowest BCUT2D eigenvalue weighted by Gasteiger charge is -2.46. The minimum atomic E-state index is -0.228. The van der Waals surface area contributed by atoms with Crippen LogP contribution < -0.4 is 10.1 Å². The maximum absolute atomic E-state index is 13.7. The van der Waals surface area contributed by atoms with E-state index >= 15 is 0 Å². The number of para-hydroxylation sites is 2. The highest BCUT2D eigenvalue weighted by molar-refractivity contribution is 5.98. The SMILES string of the molecule is Cc1nc2ccccc2c(-c2ccccc2)c1CC(=O)NC1CC2(CCN(C)CC2)Oc2ccccc21. The second-order valence-electron chi connectivity index (χ2n) is 10.6. The fourth-order valence-corrected chi connectivity index (χ4v) is 6.01. The number of aromatic nitrogens is 1. The highest BCUT2D eigenvalue weighted by Crippen LogP contribution is 2.44. The lowest BCUT2D eigenvalue weighted by atomic mass is 9.80. The maximum atomic E-state index is 13.7. The first-order chi connectivity index (χ1) is 18.0. The van der Waals surface area contributed by atoms with Gasteiger partial charge in [-0.1, -0.05) is 66.7 Å². The molecule has 5 nitrogen and oxygen atoms in total. The average molecular weight is 492 g/mol. The summed E-state index contributed by atoms with van der Waals surface area (Å²) < 4.78 is 6.60. The van der Waals surface area contributed by atoms with Gasteiger partial charge in [0.15, 0.2) is 0 Å². The van der Waals surface area contributed by atoms with E-state index in [1.54, 1.807) is 0 Å². The number of aryl methyl sites for hydroxylation is 1. The lowest BCUT2D eigenvalue weighted by Crippen LogP contribution is -2.51. The maximum Gasteiger partial charge on any atom is 0.224 e. The van der Waals surface area contributed by atoms with Gasteiger partial charge >= 0.3 is 0 Å². The van der Waals surface area contributed by atoms with Crippen molar-refractivity contribution in [1.82, 2.24) is 15.2 Å². The molecule has 4 aromatic rings. The second-order valence-corrected chi connectivity index (χ2v) is 10.6. The summed E-state index contributed by atoms with van der Waals surface area (Å²) in [6.45, 7) is 4.02. The van der Waals surface area contributed by atoms with Crippen LogP contribution in [-0.4, -0.2) is 41.5 Å². The molecule has 0 bridgehead atoms. The van der Waals surface area contributed by atoms with E-state index in [0.717, 1.165) is 77.0 Å². The summed E-state index contributed by atoms with van der Waals surface area (Å²) in [5.41, 5.74) is 5.87. The molecule has 2 aliphatic heterocycles. The Morgan fingerprint density at radius 3 is 2.51 bits per heavy atom. The van der Waals surface area contributed by atoms with Crippen molar-refractivity contribution in [2.45, 2.75) is 44.2 Å². The molecule has 188 valence electrons. The molecule has 0 radical (unpaired) electrons. The summed E-state index contributed by atoms with van der Waals surface area (Å²) in [5.74, 6) is 0.916. The number of ether oxygens (including phenoxy) is 1. The number of piperidine rings is 1. The van der Waals surface area contributed by atoms with Crippen LogP contribution in [0.2, 0.25) is 0 Å². The molecule has 37 heavy (non-hydrogen) atoms. The fourth-order valence-electron chi connectivity index (χ4n) is 6.01. The first-order valence-corrected chi connectivity index (χ1v) is 13.2. The summed E-state index contributed by atoms with van der Waals surface area (Å²) in [6, 6.07) is 26.6. The van der Waals surface area contributed by atoms with Crippen LogP contribution >= 0.6 is 0 Å². The van der Waals surface area contributed by atoms with Gasteiger partial charge in [-0.25, -0.2) is 0 Å². The van der Waals surface area contributed by atoms with Gasteiger partial charge < -0.3 is 15.0 Å². The van der Waals surface area contributed by atoms with Crippen molar-refractivity contribution in [3.05, 3.63) is 95.7 Å². The van der Waals surface area contributed by atoms with Crippen LogP contribution in [0.5, 0.6) is 5.75 Å². The van der Waals surface area contributed by atoms with Gasteiger partial charge in [0, 0.05) is 36.2 Å². The molecule has 1 atom stereocenters. The van der Waals surface area contributed by atoms with E-state index in [1.807, 2.05) is 61.5 Å². The minimum absolute atomic E-state index is 0.0159. The number of fused-ring (bicyclic) bond motifs is 2. The highest BCUT2D eigenvalue weighted by Gasteiger charge is 2.43. The molecule has 0 saturated carbocycles. The van der Waals surface area contributed by atoms with E-state index in [0.29, 0.717) is 0 Å². The third kappa shape index (κ3) is 4.60. The number of amides is 1. The van der Waals surface area contributed by atoms with Gasteiger partial charge in [0.25, 0.3) is 0 Å². The van der Waals surface area contributed by atoms with Crippen LogP contribution in [0, 0.1) is 6.92 Å². The van der Waals surface area contributed by atoms with Gasteiger partial charge in [-0.3, -0.25) is 9.78 Å². The molecule has 1 fully saturated rings. The molecule has 2 aliphatic rings. The van der Waals surface area contributed by atoms with Crippen LogP contribution in [0.3, 0.4) is 0 Å². The number of carbonyl (C=O) groups excluding carboxylic acids is 1. The number of pyridine rings is 1. The largest absolute Gasteiger partial charge is 0.487 e. The van der Waals surface area contributed by atoms with E-state index in [4.69, 9.17) is 9.72 Å². The fraction of sp³-hybridized carbons (Fsp3) is 0.312. The smallest absolute Gasteiger partial charge is 0.224 e. The van der Waals surface area contributed by atoms with Crippen molar-refractivity contribution in [3.8, 4) is 16.9 Å². The van der Waals surface area contributed by atoms with Gasteiger partial charge in [0.1, 0.15) is 11.4 Å². The Bertz CT molecular complexity index is 1440. The predicted molar refractivity (Wildman–Crippen MR) is 148 cm³/mol. The van der Waals surface area contributed by atoms with Crippen molar-refractivity contribution in [2.75, 3.05) is 20.1 Å². The summed E-state index contributed by atoms with van der Waals surface area (Å²) >= 11 is 0. The Morgan fingerprint density at radius 1 is 1.00 bits per heavy atom. The van der Waals surface area contributed by atoms with Gasteiger partial charge in [-0.2, -0.15) is 0 Å². The normalized spacial score (nSPS) is 18.8. The number of hydrogen-bond acceptors (Lipinski definition) is 4. The zero-order chi connectivity index (χ0) is 25.4. The molecule has 3 aromatic carbocycles. The summed E-state index contributed by atoms with van der Waals surface area (Å²) in [6.07, 6.45) is 3.01. The van der Waals surface area contributed by atoms with Crippen LogP contribution in [0.4, 0.5) is 0 Å². The molecule has 1 spiro atoms. The zero-order valence-electron chi connectivity index (χ0n) is 21.5. The Balaban J connectivity index is 1.33. The summed E-state index contributed by atoms with van der Waals surface area (Å²) in [4.78, 5) is 20.9. The molecule has 1 unspecified atom stereocenters. The number of hydrogen-bond donors (Lipinski definition) is 1. The predicted octanol–water partition coefficient (Wildman–Crippen LogP) is 5.86. The van der Waals surface area contributed by atoms with Crippen LogP contribution in [0.25, 0.3) is 22.0 Å². The van der Waals surface area contributed by atoms with E-state index in [1.165, 1.54) is 0 Å². The van der Waals surface area contributed by atoms with Crippen LogP contribution in [0.15, 0.2) is 78.9 Å². The molecule has 5 heteroatoms. The number of nitrogens with one attached hydrogen (secondary N) is 1. The van der Waals surface area contributed by atoms with Crippen molar-refractivity contribution >= 4 is 16.8 Å². The topological polar surface area (TPSA) is 54.5 Å². The number of rotatable bonds is 4. The standard InChI is InChI=1S/C32H33N3O2/c1-22-26(31(23-10-4-3-5-11-23)25-13-6-8-14-27(25)33-22)20-30(36)34-28-21-32(16-18-35(2)19-17-32)37-29-15-9-7-12-24(28)29/h3-15,28H,16-21H2,1-2H3,(H,34,36). The van der Waals surface area contributed by atoms with E-state index in [-0.39, 0.29) is 24.0 Å². The van der Waals surface area contributed by atoms with E-state index in [2.05, 4.69) is 41.5 Å². The molecule has 6 rings (SSSR count). The Hall–Kier alpha value is -3.70. The summed E-state index contributed by atoms with van der Waals surface area (Å²) in [5, 5.41) is 4.47. The number of benzene rings is 3. The molecular formula is C32H33N3O2. The van der Waals surface area contributed by atoms with E-state index in [9.17, 15) is 4.79 Å². The van der Waals surface area contributed by atoms with Gasteiger partial charge in [-0.15, -0.1) is 0 Å². The minimum Gasteiger partial charge on any atom is -0.487 e. The molecule has 1 amide bonds. The number of carbonyl (C=O) groups is 1. The Morgan fingerprint density at radius 2 is 1.70 bits per heavy atom. The number of likely N-dealkylation sites (tertiary alicyclic amines) is 1. The molecule has 1 aromatic heterocycles. The average Bonchev–Trinajstić information content (AvgIpc) is 2.91. The first-order valence-electron chi connectivity index (χ1n) is 13.2. The first kappa shape index (κ1) is 23.7. The zero-order valence-corrected chi connectivity index (χ0v) is 21.5. The van der Waals surface area contributed by atoms with Crippen LogP contribution in [-0.2, 0) is 11.2 Å². The van der Waals surface area contributed by atoms with Gasteiger partial charge in [0.2, 0.25) is 5.91 Å². The van der Waals surface area contributed by atoms with E-state index < -0.39 is 0 Å². The van der Waals surface area contributed by atoms with Gasteiger partial charge in [0.05, 0.1) is 18.0 Å². The molecule has 1 saturated heterocycles. The Labute approximate surface area is 218 Å². The second kappa shape index (κ2) is 9.64. The molecular weight excluding hydrogens is 458 g/mol. The van der Waals surface area contributed by atoms with Crippen molar-refractivity contribution in [2.24, 2.45) is 0 Å². The third-order valence-corrected chi connectivity index (χ3v) is 8.03. The molecule has 3 heterocycles. The van der Waals surface area contributed by atoms with Crippen molar-refractivity contribution < 1.29 is 9.53 Å². The molecule has 1 N–H and O–H groups in total. The summed E-state index contributed by atoms with van der Waals surface area (Å²) in [7, 11) is 2.16. The highest BCUT2D eigenvalue weighted by atomic mass is 16.5. The number of nitrogens with zero attached hydrogens (tertiary/aromatic N) is 2. The monoisotopic (exact) mass is 491 g/mol. The quantitative estimate of drug-likeness (QED) is 0.389. The lowest BCUT2D eigenvalue weighted by molar-refractivity contribution is -0.122. The van der Waals surface area contributed by atoms with Crippen molar-refractivity contribution in [1.29, 1.82) is 0 Å².